The number of hydrogen-bond acceptors (Lipinski definition) is 6. The van der Waals surface area contributed by atoms with Gasteiger partial charge < -0.3 is 14.2 Å². The number of hydrogen-bond donors (Lipinski definition) is 0. The number of ether oxygens (including phenoxy) is 3. The topological polar surface area (TPSA) is 99.1 Å². The second-order valence-electron chi connectivity index (χ2n) is 5.93. The van der Waals surface area contributed by atoms with Crippen molar-refractivity contribution < 1.29 is 14.2 Å². The average Bonchev–Trinajstić information content (AvgIpc) is 3.00. The van der Waals surface area contributed by atoms with E-state index in [0.29, 0.717) is 17.2 Å². The molecule has 0 aliphatic carbocycles. The van der Waals surface area contributed by atoms with Gasteiger partial charge in [0.2, 0.25) is 0 Å². The highest BCUT2D eigenvalue weighted by atomic mass is 16.5. The third kappa shape index (κ3) is 43.6. The quantitative estimate of drug-likeness (QED) is 0.300. The Hall–Kier alpha value is -4.47. The predicted octanol–water partition coefficient (Wildman–Crippen LogP) is 11.2. The molecule has 0 spiro atoms. The van der Waals surface area contributed by atoms with E-state index in [-0.39, 0.29) is 7.43 Å². The van der Waals surface area contributed by atoms with Gasteiger partial charge in [0.05, 0.1) is 0 Å². The molecule has 0 saturated carbocycles. The second-order valence-corrected chi connectivity index (χ2v) is 5.93. The Morgan fingerprint density at radius 3 is 0.700 bits per heavy atom. The molecule has 0 unspecified atom stereocenters. The molecule has 3 rings (SSSR count). The second kappa shape index (κ2) is 51.2. The van der Waals surface area contributed by atoms with Gasteiger partial charge in [0.25, 0.3) is 18.8 Å². The summed E-state index contributed by atoms with van der Waals surface area (Å²) in [5.74, 6) is 1.75. The van der Waals surface area contributed by atoms with Crippen LogP contribution in [-0.4, -0.2) is 0 Å². The third-order valence-corrected chi connectivity index (χ3v) is 2.72. The fourth-order valence-corrected chi connectivity index (χ4v) is 1.62. The fourth-order valence-electron chi connectivity index (χ4n) is 1.62. The lowest BCUT2D eigenvalue weighted by Crippen LogP contribution is -1.78. The van der Waals surface area contributed by atoms with Crippen LogP contribution in [0.3, 0.4) is 0 Å². The molecule has 3 aromatic rings. The van der Waals surface area contributed by atoms with Crippen LogP contribution < -0.4 is 14.2 Å². The van der Waals surface area contributed by atoms with Gasteiger partial charge in [-0.05, 0) is 36.4 Å². The smallest absolute Gasteiger partial charge is 0.292 e. The molecule has 0 heterocycles. The molecule has 0 aliphatic rings. The Bertz CT molecular complexity index is 791. The number of benzene rings is 3. The molecule has 0 N–H and O–H groups in total. The zero-order valence-corrected chi connectivity index (χ0v) is 25.6. The average molecular weight is 552 g/mol. The summed E-state index contributed by atoms with van der Waals surface area (Å²) in [6.07, 6.45) is 7.25. The molecule has 222 valence electrons. The van der Waals surface area contributed by atoms with Gasteiger partial charge in [0.1, 0.15) is 17.2 Å². The summed E-state index contributed by atoms with van der Waals surface area (Å²) in [6.45, 7) is 20.5. The molecule has 0 fully saturated rings. The maximum absolute atomic E-state index is 8.05. The number of nitriles is 3. The molecule has 3 aromatic carbocycles. The van der Waals surface area contributed by atoms with Gasteiger partial charge >= 0.3 is 0 Å². The monoisotopic (exact) mass is 551 g/mol. The molecule has 40 heavy (non-hydrogen) atoms. The summed E-state index contributed by atoms with van der Waals surface area (Å²) in [7, 11) is 0. The van der Waals surface area contributed by atoms with E-state index in [2.05, 4.69) is 41.9 Å². The number of rotatable bonds is 3. The SMILES string of the molecule is C.CC.CC.CC.CCC.CCC.N#COc1ccccc1.N#COc1ccccc1.N#COc1ccccc1. The normalized spacial score (nSPS) is 6.67. The zero-order chi connectivity index (χ0) is 31.0. The zero-order valence-electron chi connectivity index (χ0n) is 25.6. The molecule has 6 nitrogen and oxygen atoms in total. The third-order valence-electron chi connectivity index (χ3n) is 2.72. The van der Waals surface area contributed by atoms with Gasteiger partial charge in [0, 0.05) is 0 Å². The molecule has 0 bridgehead atoms. The molecule has 0 saturated heterocycles. The standard InChI is InChI=1S/3C7H5NO.2C3H8.3C2H6.CH4/c3*8-6-9-7-4-2-1-3-5-7;2*1-3-2;3*1-2;/h3*1-5H;2*3H2,1-2H3;3*1-2H3;1H4. The van der Waals surface area contributed by atoms with Crippen molar-refractivity contribution in [2.45, 2.75) is 89.5 Å². The van der Waals surface area contributed by atoms with Crippen molar-refractivity contribution in [3.63, 3.8) is 0 Å². The first kappa shape index (κ1) is 48.6. The summed E-state index contributed by atoms with van der Waals surface area (Å²) < 4.78 is 13.5. The van der Waals surface area contributed by atoms with Crippen molar-refractivity contribution in [2.24, 2.45) is 0 Å². The molecule has 0 amide bonds. The summed E-state index contributed by atoms with van der Waals surface area (Å²) in [4.78, 5) is 0. The van der Waals surface area contributed by atoms with Gasteiger partial charge in [-0.1, -0.05) is 144 Å². The van der Waals surface area contributed by atoms with Gasteiger partial charge in [-0.3, -0.25) is 0 Å². The Morgan fingerprint density at radius 1 is 0.425 bits per heavy atom. The molecular formula is C34H53N3O3. The fraction of sp³-hybridized carbons (Fsp3) is 0.382. The summed E-state index contributed by atoms with van der Waals surface area (Å²) in [5.41, 5.74) is 0. The highest BCUT2D eigenvalue weighted by Crippen LogP contribution is 2.07. The highest BCUT2D eigenvalue weighted by molar-refractivity contribution is 5.23. The maximum Gasteiger partial charge on any atom is 0.292 e. The van der Waals surface area contributed by atoms with Crippen molar-refractivity contribution in [1.29, 1.82) is 15.8 Å². The van der Waals surface area contributed by atoms with E-state index in [1.54, 1.807) is 55.2 Å². The van der Waals surface area contributed by atoms with E-state index in [1.807, 2.05) is 96.1 Å². The Morgan fingerprint density at radius 2 is 0.575 bits per heavy atom. The summed E-state index contributed by atoms with van der Waals surface area (Å²) in [5, 5.41) is 24.1. The van der Waals surface area contributed by atoms with E-state index < -0.39 is 0 Å². The minimum atomic E-state index is 0. The lowest BCUT2D eigenvalue weighted by molar-refractivity contribution is 0.507. The van der Waals surface area contributed by atoms with Crippen molar-refractivity contribution >= 4 is 0 Å². The minimum absolute atomic E-state index is 0. The minimum Gasteiger partial charge on any atom is -0.388 e. The molecule has 0 atom stereocenters. The first-order valence-electron chi connectivity index (χ1n) is 13.5. The van der Waals surface area contributed by atoms with Gasteiger partial charge in [-0.2, -0.15) is 0 Å². The van der Waals surface area contributed by atoms with Crippen LogP contribution in [0.15, 0.2) is 91.0 Å². The van der Waals surface area contributed by atoms with Crippen LogP contribution >= 0.6 is 0 Å². The molecular weight excluding hydrogens is 498 g/mol. The number of para-hydroxylation sites is 3. The van der Waals surface area contributed by atoms with E-state index in [0.717, 1.165) is 0 Å². The van der Waals surface area contributed by atoms with E-state index in [4.69, 9.17) is 15.8 Å². The Kier molecular flexibility index (Phi) is 62.2. The van der Waals surface area contributed by atoms with Crippen LogP contribution in [0.1, 0.15) is 89.5 Å². The maximum atomic E-state index is 8.05. The first-order valence-corrected chi connectivity index (χ1v) is 13.5. The highest BCUT2D eigenvalue weighted by Gasteiger charge is 1.86. The van der Waals surface area contributed by atoms with Crippen molar-refractivity contribution in [1.82, 2.24) is 0 Å². The van der Waals surface area contributed by atoms with Crippen LogP contribution in [0.25, 0.3) is 0 Å². The van der Waals surface area contributed by atoms with E-state index >= 15 is 0 Å². The van der Waals surface area contributed by atoms with Crippen LogP contribution in [0.5, 0.6) is 17.2 Å². The van der Waals surface area contributed by atoms with Crippen LogP contribution in [-0.2, 0) is 0 Å². The summed E-state index contributed by atoms with van der Waals surface area (Å²) in [6, 6.07) is 26.8. The molecule has 6 heteroatoms. The number of nitrogens with zero attached hydrogens (tertiary/aromatic N) is 3. The predicted molar refractivity (Wildman–Crippen MR) is 171 cm³/mol. The van der Waals surface area contributed by atoms with E-state index in [9.17, 15) is 0 Å². The van der Waals surface area contributed by atoms with Crippen molar-refractivity contribution in [3.8, 4) is 36.0 Å². The lowest BCUT2D eigenvalue weighted by atomic mass is 10.3. The Balaban J connectivity index is -0.0000000899. The lowest BCUT2D eigenvalue weighted by Gasteiger charge is -1.89. The first-order chi connectivity index (χ1) is 19.1. The van der Waals surface area contributed by atoms with Crippen LogP contribution in [0, 0.1) is 34.6 Å². The van der Waals surface area contributed by atoms with Crippen LogP contribution in [0.2, 0.25) is 0 Å². The molecule has 0 aromatic heterocycles. The molecule has 0 aliphatic heterocycles. The van der Waals surface area contributed by atoms with Crippen LogP contribution in [0.4, 0.5) is 0 Å². The van der Waals surface area contributed by atoms with Crippen molar-refractivity contribution in [2.75, 3.05) is 0 Å². The Labute approximate surface area is 246 Å². The largest absolute Gasteiger partial charge is 0.388 e. The van der Waals surface area contributed by atoms with Gasteiger partial charge in [0.15, 0.2) is 0 Å². The summed E-state index contributed by atoms with van der Waals surface area (Å²) >= 11 is 0. The van der Waals surface area contributed by atoms with Gasteiger partial charge in [-0.15, -0.1) is 15.8 Å². The molecule has 0 radical (unpaired) electrons. The van der Waals surface area contributed by atoms with E-state index in [1.165, 1.54) is 12.8 Å². The van der Waals surface area contributed by atoms with Gasteiger partial charge in [-0.25, -0.2) is 0 Å². The van der Waals surface area contributed by atoms with Crippen molar-refractivity contribution in [3.05, 3.63) is 91.0 Å².